The number of carboxylic acid groups (broad SMARTS) is 1. The number of alkyl halides is 5. The van der Waals surface area contributed by atoms with E-state index in [1.807, 2.05) is 0 Å². The Kier molecular flexibility index (Phi) is 9.92. The molecule has 5 N–H and O–H groups in total. The van der Waals surface area contributed by atoms with Gasteiger partial charge in [0.15, 0.2) is 11.5 Å². The van der Waals surface area contributed by atoms with Crippen LogP contribution >= 0.6 is 11.6 Å². The number of fused-ring (bicyclic) bond motifs is 1. The molecule has 1 aromatic carbocycles. The molecule has 7 rings (SSSR count). The summed E-state index contributed by atoms with van der Waals surface area (Å²) in [5, 5.41) is 28.7. The number of nitrogens with one attached hydrogen (secondary N) is 3. The van der Waals surface area contributed by atoms with Crippen molar-refractivity contribution in [2.45, 2.75) is 36.7 Å². The third-order valence-corrected chi connectivity index (χ3v) is 9.90. The van der Waals surface area contributed by atoms with Crippen molar-refractivity contribution < 1.29 is 51.3 Å². The maximum atomic E-state index is 13.8. The first-order chi connectivity index (χ1) is 24.5. The molecule has 4 fully saturated rings. The average Bonchev–Trinajstić information content (AvgIpc) is 3.72. The highest BCUT2D eigenvalue weighted by Gasteiger charge is 2.59. The van der Waals surface area contributed by atoms with Gasteiger partial charge in [-0.05, 0) is 18.2 Å². The highest BCUT2D eigenvalue weighted by Crippen LogP contribution is 2.53. The first-order valence-electron chi connectivity index (χ1n) is 16.0. The molecule has 3 aromatic rings. The second-order valence-electron chi connectivity index (χ2n) is 13.0. The quantitative estimate of drug-likeness (QED) is 0.186. The number of hydrogen-bond acceptors (Lipinski definition) is 8. The molecule has 5 heterocycles. The lowest BCUT2D eigenvalue weighted by atomic mass is 10.0. The summed E-state index contributed by atoms with van der Waals surface area (Å²) in [5.41, 5.74) is -1.64. The molecule has 15 nitrogen and oxygen atoms in total. The van der Waals surface area contributed by atoms with E-state index in [0.717, 1.165) is 17.0 Å². The summed E-state index contributed by atoms with van der Waals surface area (Å²) >= 11 is 6.46. The van der Waals surface area contributed by atoms with E-state index < -0.39 is 47.8 Å². The molecular weight excluding hydrogens is 725 g/mol. The summed E-state index contributed by atoms with van der Waals surface area (Å²) in [6.07, 6.45) is -4.31. The largest absolute Gasteiger partial charge is 0.483 e. The number of benzene rings is 1. The number of halogens is 6. The van der Waals surface area contributed by atoms with Gasteiger partial charge in [0.05, 0.1) is 40.2 Å². The number of nitrogens with zero attached hydrogens (tertiary/aromatic N) is 6. The first-order valence-corrected chi connectivity index (χ1v) is 16.4. The van der Waals surface area contributed by atoms with E-state index in [4.69, 9.17) is 21.5 Å². The van der Waals surface area contributed by atoms with Crippen molar-refractivity contribution >= 4 is 41.6 Å². The van der Waals surface area contributed by atoms with Crippen molar-refractivity contribution in [2.75, 3.05) is 44.6 Å². The van der Waals surface area contributed by atoms with E-state index in [9.17, 15) is 41.4 Å². The third-order valence-electron chi connectivity index (χ3n) is 9.59. The number of carbonyl (C=O) groups excluding carboxylic acids is 3. The van der Waals surface area contributed by atoms with Gasteiger partial charge in [-0.1, -0.05) is 11.6 Å². The predicted molar refractivity (Wildman–Crippen MR) is 172 cm³/mol. The Morgan fingerprint density at radius 3 is 2.29 bits per heavy atom. The fourth-order valence-corrected chi connectivity index (χ4v) is 7.08. The Morgan fingerprint density at radius 2 is 1.73 bits per heavy atom. The summed E-state index contributed by atoms with van der Waals surface area (Å²) in [6, 6.07) is 2.20. The second-order valence-corrected chi connectivity index (χ2v) is 13.5. The van der Waals surface area contributed by atoms with Gasteiger partial charge in [0.25, 0.3) is 24.2 Å². The molecule has 4 amide bonds. The van der Waals surface area contributed by atoms with Crippen molar-refractivity contribution in [3.8, 4) is 11.3 Å². The Balaban J connectivity index is 0.00000150. The van der Waals surface area contributed by atoms with Gasteiger partial charge < -0.3 is 40.5 Å². The molecular formula is C31H33ClF5N9O6. The fourth-order valence-electron chi connectivity index (χ4n) is 6.82. The van der Waals surface area contributed by atoms with E-state index in [0.29, 0.717) is 44.0 Å². The van der Waals surface area contributed by atoms with E-state index in [1.165, 1.54) is 25.2 Å². The van der Waals surface area contributed by atoms with Crippen molar-refractivity contribution in [1.82, 2.24) is 39.8 Å². The molecule has 2 aromatic heterocycles. The lowest BCUT2D eigenvalue weighted by Crippen LogP contribution is -2.49. The molecule has 52 heavy (non-hydrogen) atoms. The van der Waals surface area contributed by atoms with Crippen LogP contribution < -0.4 is 16.0 Å². The van der Waals surface area contributed by atoms with E-state index in [2.05, 4.69) is 26.0 Å². The minimum atomic E-state index is -4.95. The average molecular weight is 758 g/mol. The van der Waals surface area contributed by atoms with Crippen LogP contribution in [0.1, 0.15) is 39.1 Å². The standard InChI is InChI=1S/C30H31ClF5N9O4.CH2O2/c1-42-21(18-13-45(23-5-29(23,32)33)41-24(18)30(34,35)36)7-38-25(42)26(47)39-16-2-3-17(19(31)4-16)27(48)43-9-14-11-44(12-15(14)10-43)28(49)40-20-6-37-8-22(20)46;2-1-3/h2-4,7,13-15,20,22-23,37,46H,5-6,8-12H2,1H3,(H,39,47)(H,40,49);1H,(H,2,3)/t14-,15+,20-,22-,23?;/m0./s1. The van der Waals surface area contributed by atoms with Crippen LogP contribution in [0.5, 0.6) is 0 Å². The lowest BCUT2D eigenvalue weighted by molar-refractivity contribution is -0.141. The number of β-amino-alcohol motifs (C(OH)–C–C–N with tert-alkyl or cyclic N) is 1. The smallest absolute Gasteiger partial charge is 0.435 e. The van der Waals surface area contributed by atoms with Crippen LogP contribution in [0.2, 0.25) is 5.02 Å². The van der Waals surface area contributed by atoms with E-state index >= 15 is 0 Å². The number of aromatic nitrogens is 4. The monoisotopic (exact) mass is 757 g/mol. The maximum absolute atomic E-state index is 13.8. The molecule has 4 aliphatic rings. The highest BCUT2D eigenvalue weighted by atomic mass is 35.5. The molecule has 0 bridgehead atoms. The molecule has 3 aliphatic heterocycles. The van der Waals surface area contributed by atoms with Crippen LogP contribution in [-0.4, -0.2) is 121 Å². The second kappa shape index (κ2) is 14.0. The number of anilines is 1. The normalized spacial score (nSPS) is 24.6. The number of rotatable bonds is 6. The minimum absolute atomic E-state index is 0.0595. The van der Waals surface area contributed by atoms with Crippen LogP contribution in [0.15, 0.2) is 30.6 Å². The molecule has 3 saturated heterocycles. The molecule has 0 spiro atoms. The SMILES string of the molecule is Cn1c(-c2cn(C3CC3(F)F)nc2C(F)(F)F)cnc1C(=O)Nc1ccc(C(=O)N2C[C@H]3CN(C(=O)N[C@H]4CNC[C@@H]4O)C[C@H]3C2)c(Cl)c1.O=CO. The third kappa shape index (κ3) is 7.26. The summed E-state index contributed by atoms with van der Waals surface area (Å²) in [4.78, 5) is 54.9. The van der Waals surface area contributed by atoms with Gasteiger partial charge in [0, 0.05) is 76.5 Å². The summed E-state index contributed by atoms with van der Waals surface area (Å²) in [5.74, 6) is -4.37. The Hall–Kier alpha value is -4.82. The van der Waals surface area contributed by atoms with Gasteiger partial charge in [0.1, 0.15) is 6.04 Å². The summed E-state index contributed by atoms with van der Waals surface area (Å²) in [6.45, 7) is 2.47. The molecule has 1 aliphatic carbocycles. The molecule has 280 valence electrons. The Morgan fingerprint density at radius 1 is 1.10 bits per heavy atom. The molecule has 1 unspecified atom stereocenters. The van der Waals surface area contributed by atoms with Gasteiger partial charge in [0.2, 0.25) is 0 Å². The number of carbonyl (C=O) groups is 4. The lowest BCUT2D eigenvalue weighted by Gasteiger charge is -2.24. The zero-order chi connectivity index (χ0) is 37.7. The number of aliphatic hydroxyl groups excluding tert-OH is 1. The maximum Gasteiger partial charge on any atom is 0.435 e. The van der Waals surface area contributed by atoms with Crippen molar-refractivity contribution in [3.05, 3.63) is 52.7 Å². The van der Waals surface area contributed by atoms with Crippen LogP contribution in [0, 0.1) is 11.8 Å². The Labute approximate surface area is 296 Å². The number of imidazole rings is 1. The van der Waals surface area contributed by atoms with E-state index in [1.54, 1.807) is 9.80 Å². The highest BCUT2D eigenvalue weighted by molar-refractivity contribution is 6.34. The first kappa shape index (κ1) is 37.0. The number of hydrogen-bond donors (Lipinski definition) is 5. The van der Waals surface area contributed by atoms with Crippen LogP contribution in [-0.2, 0) is 18.0 Å². The van der Waals surface area contributed by atoms with Gasteiger partial charge in [-0.25, -0.2) is 18.6 Å². The molecule has 5 atom stereocenters. The zero-order valence-corrected chi connectivity index (χ0v) is 28.0. The van der Waals surface area contributed by atoms with E-state index in [-0.39, 0.29) is 64.1 Å². The topological polar surface area (TPSA) is 187 Å². The number of aliphatic hydroxyl groups is 1. The molecule has 0 radical (unpaired) electrons. The number of urea groups is 1. The van der Waals surface area contributed by atoms with Gasteiger partial charge in [-0.15, -0.1) is 0 Å². The van der Waals surface area contributed by atoms with Crippen LogP contribution in [0.3, 0.4) is 0 Å². The Bertz CT molecular complexity index is 1870. The summed E-state index contributed by atoms with van der Waals surface area (Å²) in [7, 11) is 1.31. The van der Waals surface area contributed by atoms with Crippen LogP contribution in [0.4, 0.5) is 32.4 Å². The number of amides is 4. The van der Waals surface area contributed by atoms with Crippen LogP contribution in [0.25, 0.3) is 11.3 Å². The predicted octanol–water partition coefficient (Wildman–Crippen LogP) is 2.54. The molecule has 1 saturated carbocycles. The van der Waals surface area contributed by atoms with Crippen molar-refractivity contribution in [3.63, 3.8) is 0 Å². The van der Waals surface area contributed by atoms with Crippen molar-refractivity contribution in [2.24, 2.45) is 18.9 Å². The van der Waals surface area contributed by atoms with Gasteiger partial charge in [-0.3, -0.25) is 19.1 Å². The minimum Gasteiger partial charge on any atom is -0.483 e. The summed E-state index contributed by atoms with van der Waals surface area (Å²) < 4.78 is 70.2. The van der Waals surface area contributed by atoms with Gasteiger partial charge >= 0.3 is 12.2 Å². The van der Waals surface area contributed by atoms with Gasteiger partial charge in [-0.2, -0.15) is 18.3 Å². The zero-order valence-electron chi connectivity index (χ0n) is 27.3. The fraction of sp³-hybridized carbons (Fsp3) is 0.484. The molecule has 21 heteroatoms. The van der Waals surface area contributed by atoms with Crippen molar-refractivity contribution in [1.29, 1.82) is 0 Å². The number of likely N-dealkylation sites (tertiary alicyclic amines) is 2.